The highest BCUT2D eigenvalue weighted by molar-refractivity contribution is 5.57. The highest BCUT2D eigenvalue weighted by Gasteiger charge is 2.25. The number of para-hydroxylation sites is 1. The summed E-state index contributed by atoms with van der Waals surface area (Å²) in [5.74, 6) is 0.681. The maximum Gasteiger partial charge on any atom is 0.270 e. The SMILES string of the molecule is Cn1nnc(N(c2ccccc2)C2CCNCC2)n1. The Morgan fingerprint density at radius 2 is 1.95 bits per heavy atom. The van der Waals surface area contributed by atoms with Gasteiger partial charge in [0.25, 0.3) is 5.95 Å². The zero-order valence-electron chi connectivity index (χ0n) is 11.0. The number of benzene rings is 1. The van der Waals surface area contributed by atoms with Crippen molar-refractivity contribution in [2.45, 2.75) is 18.9 Å². The molecule has 0 amide bonds. The normalized spacial score (nSPS) is 16.5. The third kappa shape index (κ3) is 2.58. The Kier molecular flexibility index (Phi) is 3.41. The van der Waals surface area contributed by atoms with Gasteiger partial charge in [-0.2, -0.15) is 4.80 Å². The zero-order valence-corrected chi connectivity index (χ0v) is 11.0. The summed E-state index contributed by atoms with van der Waals surface area (Å²) in [5, 5.41) is 15.9. The Bertz CT molecular complexity index is 517. The lowest BCUT2D eigenvalue weighted by molar-refractivity contribution is 0.448. The summed E-state index contributed by atoms with van der Waals surface area (Å²) in [6, 6.07) is 10.7. The van der Waals surface area contributed by atoms with E-state index in [-0.39, 0.29) is 0 Å². The Morgan fingerprint density at radius 3 is 2.58 bits per heavy atom. The zero-order chi connectivity index (χ0) is 13.1. The van der Waals surface area contributed by atoms with E-state index in [0.29, 0.717) is 12.0 Å². The minimum absolute atomic E-state index is 0.424. The van der Waals surface area contributed by atoms with Crippen LogP contribution in [0.1, 0.15) is 12.8 Å². The summed E-state index contributed by atoms with van der Waals surface area (Å²) >= 11 is 0. The lowest BCUT2D eigenvalue weighted by atomic mass is 10.0. The van der Waals surface area contributed by atoms with E-state index in [1.165, 1.54) is 4.80 Å². The van der Waals surface area contributed by atoms with Crippen LogP contribution in [0, 0.1) is 0 Å². The molecule has 2 heterocycles. The summed E-state index contributed by atoms with van der Waals surface area (Å²) in [7, 11) is 1.79. The van der Waals surface area contributed by atoms with Crippen molar-refractivity contribution < 1.29 is 0 Å². The molecular formula is C13H18N6. The number of nitrogens with one attached hydrogen (secondary N) is 1. The predicted octanol–water partition coefficient (Wildman–Crippen LogP) is 1.10. The quantitative estimate of drug-likeness (QED) is 0.893. The van der Waals surface area contributed by atoms with Gasteiger partial charge in [0.05, 0.1) is 7.05 Å². The van der Waals surface area contributed by atoms with E-state index in [1.54, 1.807) is 7.05 Å². The third-order valence-corrected chi connectivity index (χ3v) is 3.42. The number of hydrogen-bond donors (Lipinski definition) is 1. The molecule has 1 fully saturated rings. The largest absolute Gasteiger partial charge is 0.317 e. The van der Waals surface area contributed by atoms with Crippen LogP contribution in [0.4, 0.5) is 11.6 Å². The van der Waals surface area contributed by atoms with Crippen molar-refractivity contribution in [3.05, 3.63) is 30.3 Å². The highest BCUT2D eigenvalue weighted by Crippen LogP contribution is 2.27. The Labute approximate surface area is 112 Å². The van der Waals surface area contributed by atoms with Crippen molar-refractivity contribution >= 4 is 11.6 Å². The smallest absolute Gasteiger partial charge is 0.270 e. The van der Waals surface area contributed by atoms with Crippen molar-refractivity contribution in [3.8, 4) is 0 Å². The molecular weight excluding hydrogens is 240 g/mol. The van der Waals surface area contributed by atoms with Crippen LogP contribution in [-0.2, 0) is 7.05 Å². The molecule has 1 aliphatic heterocycles. The Morgan fingerprint density at radius 1 is 1.21 bits per heavy atom. The number of rotatable bonds is 3. The standard InChI is InChI=1S/C13H18N6/c1-18-16-13(15-17-18)19(11-5-3-2-4-6-11)12-7-9-14-10-8-12/h2-6,12,14H,7-10H2,1H3. The van der Waals surface area contributed by atoms with Crippen LogP contribution < -0.4 is 10.2 Å². The van der Waals surface area contributed by atoms with Gasteiger partial charge in [-0.3, -0.25) is 0 Å². The molecule has 6 heteroatoms. The monoisotopic (exact) mass is 258 g/mol. The third-order valence-electron chi connectivity index (χ3n) is 3.42. The van der Waals surface area contributed by atoms with E-state index < -0.39 is 0 Å². The van der Waals surface area contributed by atoms with E-state index in [9.17, 15) is 0 Å². The number of tetrazole rings is 1. The van der Waals surface area contributed by atoms with Crippen LogP contribution in [0.25, 0.3) is 0 Å². The van der Waals surface area contributed by atoms with Gasteiger partial charge in [-0.15, -0.1) is 5.10 Å². The molecule has 0 radical (unpaired) electrons. The fourth-order valence-electron chi connectivity index (χ4n) is 2.51. The van der Waals surface area contributed by atoms with Crippen molar-refractivity contribution in [2.75, 3.05) is 18.0 Å². The van der Waals surface area contributed by atoms with E-state index in [0.717, 1.165) is 31.6 Å². The number of aryl methyl sites for hydroxylation is 1. The van der Waals surface area contributed by atoms with E-state index in [2.05, 4.69) is 37.8 Å². The topological polar surface area (TPSA) is 58.9 Å². The molecule has 3 rings (SSSR count). The minimum Gasteiger partial charge on any atom is -0.317 e. The number of aromatic nitrogens is 4. The Balaban J connectivity index is 1.95. The maximum absolute atomic E-state index is 4.36. The van der Waals surface area contributed by atoms with Crippen molar-refractivity contribution in [3.63, 3.8) is 0 Å². The summed E-state index contributed by atoms with van der Waals surface area (Å²) < 4.78 is 0. The molecule has 0 atom stereocenters. The first-order valence-corrected chi connectivity index (χ1v) is 6.63. The van der Waals surface area contributed by atoms with Gasteiger partial charge in [-0.1, -0.05) is 23.3 Å². The molecule has 1 saturated heterocycles. The van der Waals surface area contributed by atoms with Gasteiger partial charge >= 0.3 is 0 Å². The van der Waals surface area contributed by atoms with Crippen LogP contribution >= 0.6 is 0 Å². The molecule has 1 aliphatic rings. The number of hydrogen-bond acceptors (Lipinski definition) is 5. The molecule has 1 N–H and O–H groups in total. The lowest BCUT2D eigenvalue weighted by Crippen LogP contribution is -2.41. The van der Waals surface area contributed by atoms with Crippen LogP contribution in [0.3, 0.4) is 0 Å². The lowest BCUT2D eigenvalue weighted by Gasteiger charge is -2.33. The van der Waals surface area contributed by atoms with Gasteiger partial charge < -0.3 is 10.2 Å². The second kappa shape index (κ2) is 5.36. The van der Waals surface area contributed by atoms with Gasteiger partial charge in [0, 0.05) is 11.7 Å². The van der Waals surface area contributed by atoms with Crippen molar-refractivity contribution in [1.82, 2.24) is 25.5 Å². The van der Waals surface area contributed by atoms with Crippen molar-refractivity contribution in [1.29, 1.82) is 0 Å². The van der Waals surface area contributed by atoms with Gasteiger partial charge in [0.15, 0.2) is 0 Å². The maximum atomic E-state index is 4.36. The first-order valence-electron chi connectivity index (χ1n) is 6.63. The molecule has 0 spiro atoms. The Hall–Kier alpha value is -1.95. The molecule has 0 saturated carbocycles. The van der Waals surface area contributed by atoms with Gasteiger partial charge in [0.1, 0.15) is 0 Å². The summed E-state index contributed by atoms with van der Waals surface area (Å²) in [6.07, 6.45) is 2.18. The molecule has 2 aromatic rings. The average Bonchev–Trinajstić information content (AvgIpc) is 2.88. The summed E-state index contributed by atoms with van der Waals surface area (Å²) in [4.78, 5) is 3.71. The molecule has 19 heavy (non-hydrogen) atoms. The van der Waals surface area contributed by atoms with Crippen LogP contribution in [0.5, 0.6) is 0 Å². The van der Waals surface area contributed by atoms with Crippen LogP contribution in [0.15, 0.2) is 30.3 Å². The highest BCUT2D eigenvalue weighted by atomic mass is 15.6. The first kappa shape index (κ1) is 12.1. The minimum atomic E-state index is 0.424. The number of piperidine rings is 1. The van der Waals surface area contributed by atoms with E-state index in [1.807, 2.05) is 18.2 Å². The molecule has 6 nitrogen and oxygen atoms in total. The van der Waals surface area contributed by atoms with Gasteiger partial charge in [-0.05, 0) is 43.3 Å². The van der Waals surface area contributed by atoms with E-state index in [4.69, 9.17) is 0 Å². The van der Waals surface area contributed by atoms with Crippen molar-refractivity contribution in [2.24, 2.45) is 7.05 Å². The summed E-state index contributed by atoms with van der Waals surface area (Å²) in [5.41, 5.74) is 1.13. The van der Waals surface area contributed by atoms with Crippen LogP contribution in [0.2, 0.25) is 0 Å². The summed E-state index contributed by atoms with van der Waals surface area (Å²) in [6.45, 7) is 2.07. The molecule has 0 bridgehead atoms. The molecule has 0 unspecified atom stereocenters. The molecule has 1 aromatic heterocycles. The van der Waals surface area contributed by atoms with E-state index >= 15 is 0 Å². The van der Waals surface area contributed by atoms with Crippen LogP contribution in [-0.4, -0.2) is 39.3 Å². The first-order chi connectivity index (χ1) is 9.34. The fraction of sp³-hybridized carbons (Fsp3) is 0.462. The van der Waals surface area contributed by atoms with Gasteiger partial charge in [-0.25, -0.2) is 0 Å². The predicted molar refractivity (Wildman–Crippen MR) is 73.3 cm³/mol. The molecule has 0 aliphatic carbocycles. The fourth-order valence-corrected chi connectivity index (χ4v) is 2.51. The van der Waals surface area contributed by atoms with Gasteiger partial charge in [0.2, 0.25) is 0 Å². The molecule has 100 valence electrons. The number of nitrogens with zero attached hydrogens (tertiary/aromatic N) is 5. The second-order valence-corrected chi connectivity index (χ2v) is 4.77. The average molecular weight is 258 g/mol. The second-order valence-electron chi connectivity index (χ2n) is 4.77. The molecule has 1 aromatic carbocycles. The number of anilines is 2.